The van der Waals surface area contributed by atoms with E-state index >= 15 is 0 Å². The predicted molar refractivity (Wildman–Crippen MR) is 79.2 cm³/mol. The highest BCUT2D eigenvalue weighted by Crippen LogP contribution is 2.40. The van der Waals surface area contributed by atoms with Gasteiger partial charge in [0.2, 0.25) is 0 Å². The van der Waals surface area contributed by atoms with E-state index in [1.54, 1.807) is 13.0 Å². The van der Waals surface area contributed by atoms with E-state index in [-0.39, 0.29) is 16.2 Å². The highest BCUT2D eigenvalue weighted by molar-refractivity contribution is 7.90. The Kier molecular flexibility index (Phi) is 2.92. The van der Waals surface area contributed by atoms with Crippen molar-refractivity contribution in [2.45, 2.75) is 24.5 Å². The number of hydrogen-bond acceptors (Lipinski definition) is 3. The number of fused-ring (bicyclic) bond motifs is 3. The number of aryl methyl sites for hydroxylation is 2. The molecule has 0 spiro atoms. The molecule has 3 rings (SSSR count). The van der Waals surface area contributed by atoms with Gasteiger partial charge in [0, 0.05) is 5.56 Å². The number of rotatable bonds is 1. The SMILES string of the molecule is Cc1cc2c(cc1C(=O)O)S(=O)(=O)Cc1c(C)cccc1-2. The summed E-state index contributed by atoms with van der Waals surface area (Å²) in [6.45, 7) is 3.57. The van der Waals surface area contributed by atoms with Crippen LogP contribution < -0.4 is 0 Å². The fraction of sp³-hybridized carbons (Fsp3) is 0.188. The summed E-state index contributed by atoms with van der Waals surface area (Å²) in [5.74, 6) is -1.19. The van der Waals surface area contributed by atoms with Gasteiger partial charge in [-0.2, -0.15) is 0 Å². The van der Waals surface area contributed by atoms with Crippen molar-refractivity contribution in [2.75, 3.05) is 0 Å². The average Bonchev–Trinajstić information content (AvgIpc) is 2.39. The van der Waals surface area contributed by atoms with Crippen LogP contribution in [0.1, 0.15) is 27.0 Å². The summed E-state index contributed by atoms with van der Waals surface area (Å²) >= 11 is 0. The van der Waals surface area contributed by atoms with Crippen molar-refractivity contribution >= 4 is 15.8 Å². The van der Waals surface area contributed by atoms with Crippen molar-refractivity contribution in [1.29, 1.82) is 0 Å². The Balaban J connectivity index is 2.42. The molecule has 1 N–H and O–H groups in total. The molecular formula is C16H14O4S. The van der Waals surface area contributed by atoms with Crippen LogP contribution in [0.25, 0.3) is 11.1 Å². The number of hydrogen-bond donors (Lipinski definition) is 1. The number of carboxylic acid groups (broad SMARTS) is 1. The van der Waals surface area contributed by atoms with Gasteiger partial charge in [-0.15, -0.1) is 0 Å². The molecule has 0 saturated heterocycles. The second kappa shape index (κ2) is 4.43. The summed E-state index contributed by atoms with van der Waals surface area (Å²) in [5.41, 5.74) is 3.80. The van der Waals surface area contributed by atoms with Crippen molar-refractivity contribution in [1.82, 2.24) is 0 Å². The van der Waals surface area contributed by atoms with Gasteiger partial charge >= 0.3 is 5.97 Å². The van der Waals surface area contributed by atoms with Crippen LogP contribution in [0.2, 0.25) is 0 Å². The van der Waals surface area contributed by atoms with Gasteiger partial charge in [-0.1, -0.05) is 18.2 Å². The van der Waals surface area contributed by atoms with E-state index in [2.05, 4.69) is 0 Å². The Morgan fingerprint density at radius 3 is 2.48 bits per heavy atom. The van der Waals surface area contributed by atoms with Gasteiger partial charge in [-0.25, -0.2) is 13.2 Å². The molecule has 2 aromatic rings. The smallest absolute Gasteiger partial charge is 0.335 e. The van der Waals surface area contributed by atoms with Gasteiger partial charge in [-0.05, 0) is 48.2 Å². The summed E-state index contributed by atoms with van der Waals surface area (Å²) in [6.07, 6.45) is 0. The van der Waals surface area contributed by atoms with E-state index in [9.17, 15) is 18.3 Å². The molecule has 4 nitrogen and oxygen atoms in total. The molecule has 1 aliphatic rings. The minimum Gasteiger partial charge on any atom is -0.478 e. The van der Waals surface area contributed by atoms with Gasteiger partial charge in [-0.3, -0.25) is 0 Å². The molecule has 2 aromatic carbocycles. The summed E-state index contributed by atoms with van der Waals surface area (Å²) in [5, 5.41) is 9.18. The topological polar surface area (TPSA) is 71.4 Å². The lowest BCUT2D eigenvalue weighted by molar-refractivity contribution is 0.0696. The van der Waals surface area contributed by atoms with Gasteiger partial charge in [0.05, 0.1) is 16.2 Å². The number of benzene rings is 2. The maximum absolute atomic E-state index is 12.5. The Morgan fingerprint density at radius 2 is 1.81 bits per heavy atom. The van der Waals surface area contributed by atoms with Crippen LogP contribution in [0.5, 0.6) is 0 Å². The van der Waals surface area contributed by atoms with E-state index < -0.39 is 15.8 Å². The summed E-state index contributed by atoms with van der Waals surface area (Å²) in [6, 6.07) is 8.60. The third-order valence-electron chi connectivity index (χ3n) is 3.93. The lowest BCUT2D eigenvalue weighted by Gasteiger charge is -2.22. The predicted octanol–water partition coefficient (Wildman–Crippen LogP) is 2.96. The van der Waals surface area contributed by atoms with Crippen molar-refractivity contribution in [3.63, 3.8) is 0 Å². The van der Waals surface area contributed by atoms with Crippen LogP contribution in [-0.2, 0) is 15.6 Å². The molecule has 0 fully saturated rings. The second-order valence-corrected chi connectivity index (χ2v) is 7.29. The molecule has 0 amide bonds. The molecule has 0 aliphatic carbocycles. The summed E-state index contributed by atoms with van der Waals surface area (Å²) in [7, 11) is -3.51. The molecule has 21 heavy (non-hydrogen) atoms. The van der Waals surface area contributed by atoms with Crippen molar-refractivity contribution in [3.05, 3.63) is 52.6 Å². The molecule has 0 saturated carbocycles. The number of carboxylic acids is 1. The first kappa shape index (κ1) is 13.8. The molecule has 0 atom stereocenters. The van der Waals surface area contributed by atoms with Crippen LogP contribution >= 0.6 is 0 Å². The zero-order valence-corrected chi connectivity index (χ0v) is 12.5. The highest BCUT2D eigenvalue weighted by Gasteiger charge is 2.30. The molecular weight excluding hydrogens is 288 g/mol. The Hall–Kier alpha value is -2.14. The van der Waals surface area contributed by atoms with Gasteiger partial charge in [0.15, 0.2) is 9.84 Å². The molecule has 108 valence electrons. The minimum atomic E-state index is -3.51. The van der Waals surface area contributed by atoms with Crippen molar-refractivity contribution in [3.8, 4) is 11.1 Å². The van der Waals surface area contributed by atoms with Crippen LogP contribution in [0, 0.1) is 13.8 Å². The molecule has 1 heterocycles. The second-order valence-electron chi connectivity index (χ2n) is 5.33. The minimum absolute atomic E-state index is 0.0356. The van der Waals surface area contributed by atoms with Crippen LogP contribution in [-0.4, -0.2) is 19.5 Å². The van der Waals surface area contributed by atoms with Crippen molar-refractivity contribution in [2.24, 2.45) is 0 Å². The first-order valence-electron chi connectivity index (χ1n) is 6.51. The van der Waals surface area contributed by atoms with Crippen LogP contribution in [0.15, 0.2) is 35.2 Å². The van der Waals surface area contributed by atoms with Crippen LogP contribution in [0.3, 0.4) is 0 Å². The van der Waals surface area contributed by atoms with E-state index in [1.807, 2.05) is 25.1 Å². The van der Waals surface area contributed by atoms with Gasteiger partial charge in [0.25, 0.3) is 0 Å². The van der Waals surface area contributed by atoms with Gasteiger partial charge in [0.1, 0.15) is 0 Å². The van der Waals surface area contributed by atoms with E-state index in [0.717, 1.165) is 16.7 Å². The number of carbonyl (C=O) groups is 1. The normalized spacial score (nSPS) is 15.1. The first-order valence-corrected chi connectivity index (χ1v) is 8.16. The average molecular weight is 302 g/mol. The Bertz CT molecular complexity index is 879. The summed E-state index contributed by atoms with van der Waals surface area (Å²) < 4.78 is 25.0. The first-order chi connectivity index (χ1) is 9.81. The molecule has 1 aliphatic heterocycles. The van der Waals surface area contributed by atoms with Gasteiger partial charge < -0.3 is 5.11 Å². The van der Waals surface area contributed by atoms with E-state index in [0.29, 0.717) is 11.1 Å². The Morgan fingerprint density at radius 1 is 1.10 bits per heavy atom. The standard InChI is InChI=1S/C16H14O4S/c1-9-4-3-5-11-13-6-10(2)12(16(17)18)7-15(13)21(19,20)8-14(9)11/h3-7H,8H2,1-2H3,(H,17,18). The zero-order chi connectivity index (χ0) is 15.4. The fourth-order valence-electron chi connectivity index (χ4n) is 2.80. The molecule has 0 unspecified atom stereocenters. The summed E-state index contributed by atoms with van der Waals surface area (Å²) in [4.78, 5) is 11.3. The highest BCUT2D eigenvalue weighted by atomic mass is 32.2. The van der Waals surface area contributed by atoms with E-state index in [4.69, 9.17) is 0 Å². The molecule has 5 heteroatoms. The fourth-order valence-corrected chi connectivity index (χ4v) is 4.52. The third-order valence-corrected chi connectivity index (χ3v) is 5.60. The maximum Gasteiger partial charge on any atom is 0.335 e. The third kappa shape index (κ3) is 2.05. The lowest BCUT2D eigenvalue weighted by Crippen LogP contribution is -2.16. The Labute approximate surface area is 123 Å². The zero-order valence-electron chi connectivity index (χ0n) is 11.7. The molecule has 0 aromatic heterocycles. The largest absolute Gasteiger partial charge is 0.478 e. The maximum atomic E-state index is 12.5. The van der Waals surface area contributed by atoms with E-state index in [1.165, 1.54) is 6.07 Å². The lowest BCUT2D eigenvalue weighted by atomic mass is 9.94. The monoisotopic (exact) mass is 302 g/mol. The van der Waals surface area contributed by atoms with Crippen molar-refractivity contribution < 1.29 is 18.3 Å². The number of sulfone groups is 1. The quantitative estimate of drug-likeness (QED) is 0.879. The number of aromatic carboxylic acids is 1. The molecule has 0 radical (unpaired) electrons. The molecule has 0 bridgehead atoms. The van der Waals surface area contributed by atoms with Crippen LogP contribution in [0.4, 0.5) is 0 Å².